The number of alkyl carbamates (subject to hydrolysis) is 1. The number of carboxylic acid groups (broad SMARTS) is 1. The van der Waals surface area contributed by atoms with Crippen molar-refractivity contribution >= 4 is 46.6 Å². The number of ether oxygens (including phenoxy) is 1. The van der Waals surface area contributed by atoms with Crippen molar-refractivity contribution in [2.45, 2.75) is 90.3 Å². The highest BCUT2D eigenvalue weighted by molar-refractivity contribution is 5.99. The second-order valence-corrected chi connectivity index (χ2v) is 16.4. The molecule has 7 N–H and O–H groups in total. The van der Waals surface area contributed by atoms with Gasteiger partial charge in [-0.2, -0.15) is 0 Å². The molecule has 4 aromatic rings. The molecule has 5 amide bonds. The third kappa shape index (κ3) is 11.0. The Hall–Kier alpha value is -6.12. The molecule has 1 aliphatic heterocycles. The second-order valence-electron chi connectivity index (χ2n) is 16.4. The van der Waals surface area contributed by atoms with Gasteiger partial charge in [-0.3, -0.25) is 14.4 Å². The van der Waals surface area contributed by atoms with Gasteiger partial charge in [-0.1, -0.05) is 30.3 Å². The summed E-state index contributed by atoms with van der Waals surface area (Å²) < 4.78 is 5.35. The van der Waals surface area contributed by atoms with E-state index in [1.807, 2.05) is 64.1 Å². The number of amides is 5. The number of aromatic amines is 2. The molecule has 6 rings (SSSR count). The van der Waals surface area contributed by atoms with Gasteiger partial charge >= 0.3 is 17.9 Å². The van der Waals surface area contributed by atoms with Crippen molar-refractivity contribution < 1.29 is 33.8 Å². The van der Waals surface area contributed by atoms with Crippen LogP contribution in [0.5, 0.6) is 0 Å². The van der Waals surface area contributed by atoms with E-state index in [1.54, 1.807) is 24.3 Å². The molecule has 1 aliphatic carbocycles. The molecule has 2 fully saturated rings. The summed E-state index contributed by atoms with van der Waals surface area (Å²) in [5.74, 6) is -0.867. The fourth-order valence-corrected chi connectivity index (χ4v) is 7.68. The van der Waals surface area contributed by atoms with Crippen molar-refractivity contribution in [3.8, 4) is 11.1 Å². The topological polar surface area (TPSA) is 215 Å². The van der Waals surface area contributed by atoms with Crippen molar-refractivity contribution in [3.63, 3.8) is 0 Å². The average Bonchev–Trinajstić information content (AvgIpc) is 3.56. The molecule has 308 valence electrons. The number of H-pyrrole nitrogens is 2. The highest BCUT2D eigenvalue weighted by Crippen LogP contribution is 2.30. The number of carbonyl (C=O) groups excluding carboxylic acids is 4. The van der Waals surface area contributed by atoms with Crippen molar-refractivity contribution in [2.24, 2.45) is 11.8 Å². The monoisotopic (exact) mass is 795 g/mol. The molecular weight excluding hydrogens is 743 g/mol. The number of carbonyl (C=O) groups is 5. The van der Waals surface area contributed by atoms with Crippen LogP contribution in [0.15, 0.2) is 65.5 Å². The molecule has 0 spiro atoms. The maximum atomic E-state index is 13.8. The fraction of sp³-hybridized carbons (Fsp3) is 0.442. The lowest BCUT2D eigenvalue weighted by Crippen LogP contribution is -2.48. The van der Waals surface area contributed by atoms with Crippen LogP contribution in [0.25, 0.3) is 22.2 Å². The quantitative estimate of drug-likeness (QED) is 0.0998. The second kappa shape index (κ2) is 18.0. The van der Waals surface area contributed by atoms with E-state index in [-0.39, 0.29) is 41.8 Å². The van der Waals surface area contributed by atoms with Crippen molar-refractivity contribution in [1.82, 2.24) is 30.8 Å². The molecule has 15 nitrogen and oxygen atoms in total. The molecule has 1 aromatic heterocycles. The minimum absolute atomic E-state index is 0.0884. The number of benzene rings is 3. The van der Waals surface area contributed by atoms with Crippen LogP contribution in [0.4, 0.5) is 15.3 Å². The van der Waals surface area contributed by atoms with Crippen LogP contribution >= 0.6 is 0 Å². The lowest BCUT2D eigenvalue weighted by Gasteiger charge is -2.30. The summed E-state index contributed by atoms with van der Waals surface area (Å²) in [5, 5.41) is 21.0. The zero-order valence-electron chi connectivity index (χ0n) is 33.4. The third-order valence-electron chi connectivity index (χ3n) is 10.9. The van der Waals surface area contributed by atoms with Crippen molar-refractivity contribution in [3.05, 3.63) is 87.8 Å². The molecule has 0 radical (unpaired) electrons. The summed E-state index contributed by atoms with van der Waals surface area (Å²) in [4.78, 5) is 82.5. The molecule has 1 saturated carbocycles. The molecule has 2 heterocycles. The van der Waals surface area contributed by atoms with Crippen LogP contribution in [-0.2, 0) is 20.7 Å². The number of nitrogens with one attached hydrogen (secondary N) is 6. The van der Waals surface area contributed by atoms with Crippen molar-refractivity contribution in [2.75, 3.05) is 25.0 Å². The molecule has 58 heavy (non-hydrogen) atoms. The Balaban J connectivity index is 1.10. The van der Waals surface area contributed by atoms with E-state index in [4.69, 9.17) is 4.74 Å². The van der Waals surface area contributed by atoms with E-state index in [2.05, 4.69) is 31.2 Å². The number of hydrogen-bond acceptors (Lipinski definition) is 7. The Bertz CT molecular complexity index is 2190. The Kier molecular flexibility index (Phi) is 12.9. The number of likely N-dealkylation sites (tertiary alicyclic amines) is 1. The standard InChI is InChI=1S/C43H53N7O8/c1-25-21-30(38(52)45-31-17-19-50(20-18-31)42(56)57)13-15-33(25)28-9-5-26(6-10-28)22-36(39(53)46-32-14-16-34-35(23-32)49-40(54)48-34)47-37(51)29-11-7-27(8-12-29)24-44-41(55)58-43(2,3)4/h5-6,9-10,13-16,21,23,27,29,31,36H,7-8,11-12,17-20,22,24H2,1-4H3,(H,44,55)(H,45,52)(H,46,53)(H,47,51)(H,56,57)(H2,48,49,54)/t27-,29-,36-/m0/s1. The lowest BCUT2D eigenvalue weighted by molar-refractivity contribution is -0.130. The number of aromatic nitrogens is 2. The van der Waals surface area contributed by atoms with Gasteiger partial charge in [0.05, 0.1) is 11.0 Å². The average molecular weight is 796 g/mol. The minimum Gasteiger partial charge on any atom is -0.465 e. The Morgan fingerprint density at radius 1 is 0.879 bits per heavy atom. The van der Waals surface area contributed by atoms with Crippen LogP contribution < -0.4 is 27.0 Å². The van der Waals surface area contributed by atoms with E-state index < -0.39 is 29.7 Å². The zero-order chi connectivity index (χ0) is 41.6. The number of piperidine rings is 1. The summed E-state index contributed by atoms with van der Waals surface area (Å²) in [7, 11) is 0. The third-order valence-corrected chi connectivity index (χ3v) is 10.9. The Morgan fingerprint density at radius 2 is 1.57 bits per heavy atom. The number of nitrogens with zero attached hydrogens (tertiary/aromatic N) is 1. The molecule has 0 unspecified atom stereocenters. The molecule has 15 heteroatoms. The molecule has 2 aliphatic rings. The van der Waals surface area contributed by atoms with Gasteiger partial charge in [0, 0.05) is 49.3 Å². The maximum absolute atomic E-state index is 13.8. The predicted octanol–water partition coefficient (Wildman–Crippen LogP) is 5.70. The summed E-state index contributed by atoms with van der Waals surface area (Å²) in [6.45, 7) is 8.62. The van der Waals surface area contributed by atoms with Crippen LogP contribution in [-0.4, -0.2) is 87.2 Å². The molecule has 0 bridgehead atoms. The first-order valence-electron chi connectivity index (χ1n) is 19.9. The number of fused-ring (bicyclic) bond motifs is 1. The van der Waals surface area contributed by atoms with Gasteiger partial charge in [-0.05, 0) is 125 Å². The highest BCUT2D eigenvalue weighted by Gasteiger charge is 2.31. The van der Waals surface area contributed by atoms with Gasteiger partial charge in [0.25, 0.3) is 5.91 Å². The van der Waals surface area contributed by atoms with Gasteiger partial charge in [0.15, 0.2) is 0 Å². The summed E-state index contributed by atoms with van der Waals surface area (Å²) in [5.41, 5.74) is 4.79. The van der Waals surface area contributed by atoms with Gasteiger partial charge in [0.1, 0.15) is 11.6 Å². The van der Waals surface area contributed by atoms with E-state index in [0.29, 0.717) is 67.6 Å². The normalized spacial score (nSPS) is 17.9. The number of anilines is 1. The van der Waals surface area contributed by atoms with Crippen LogP contribution in [0.1, 0.15) is 80.8 Å². The van der Waals surface area contributed by atoms with E-state index >= 15 is 0 Å². The first-order valence-corrected chi connectivity index (χ1v) is 19.9. The zero-order valence-corrected chi connectivity index (χ0v) is 33.4. The number of rotatable bonds is 11. The van der Waals surface area contributed by atoms with Crippen LogP contribution in [0, 0.1) is 18.8 Å². The highest BCUT2D eigenvalue weighted by atomic mass is 16.6. The number of hydrogen-bond donors (Lipinski definition) is 7. The molecule has 1 atom stereocenters. The van der Waals surface area contributed by atoms with Crippen LogP contribution in [0.2, 0.25) is 0 Å². The summed E-state index contributed by atoms with van der Waals surface area (Å²) in [6, 6.07) is 17.3. The molecule has 1 saturated heterocycles. The van der Waals surface area contributed by atoms with Crippen molar-refractivity contribution in [1.29, 1.82) is 0 Å². The van der Waals surface area contributed by atoms with E-state index in [0.717, 1.165) is 35.1 Å². The Labute approximate surface area is 336 Å². The first kappa shape index (κ1) is 41.5. The first-order chi connectivity index (χ1) is 27.6. The van der Waals surface area contributed by atoms with Gasteiger partial charge in [-0.25, -0.2) is 14.4 Å². The molecule has 3 aromatic carbocycles. The van der Waals surface area contributed by atoms with E-state index in [1.165, 1.54) is 4.90 Å². The smallest absolute Gasteiger partial charge is 0.407 e. The van der Waals surface area contributed by atoms with Gasteiger partial charge < -0.3 is 46.0 Å². The Morgan fingerprint density at radius 3 is 2.22 bits per heavy atom. The summed E-state index contributed by atoms with van der Waals surface area (Å²) in [6.07, 6.45) is 2.70. The van der Waals surface area contributed by atoms with E-state index in [9.17, 15) is 33.9 Å². The predicted molar refractivity (Wildman–Crippen MR) is 220 cm³/mol. The maximum Gasteiger partial charge on any atom is 0.407 e. The lowest BCUT2D eigenvalue weighted by atomic mass is 9.81. The number of aryl methyl sites for hydroxylation is 1. The largest absolute Gasteiger partial charge is 0.465 e. The fourth-order valence-electron chi connectivity index (χ4n) is 7.68. The van der Waals surface area contributed by atoms with Gasteiger partial charge in [-0.15, -0.1) is 0 Å². The van der Waals surface area contributed by atoms with Gasteiger partial charge in [0.2, 0.25) is 11.8 Å². The number of imidazole rings is 1. The SMILES string of the molecule is Cc1cc(C(=O)NC2CCN(C(=O)O)CC2)ccc1-c1ccc(C[C@H](NC(=O)[C@H]2CC[C@H](CNC(=O)OC(C)(C)C)CC2)C(=O)Nc2ccc3[nH]c(=O)[nH]c3c2)cc1. The van der Waals surface area contributed by atoms with Crippen LogP contribution in [0.3, 0.4) is 0 Å². The minimum atomic E-state index is -0.944. The summed E-state index contributed by atoms with van der Waals surface area (Å²) >= 11 is 0. The molecular formula is C43H53N7O8.